The highest BCUT2D eigenvalue weighted by Crippen LogP contribution is 2.31. The first kappa shape index (κ1) is 20.1. The molecule has 0 radical (unpaired) electrons. The Kier molecular flexibility index (Phi) is 6.52. The maximum atomic E-state index is 12.7. The number of rotatable bonds is 7. The first-order valence-corrected chi connectivity index (χ1v) is 10.5. The highest BCUT2D eigenvalue weighted by atomic mass is 32.2. The predicted molar refractivity (Wildman–Crippen MR) is 115 cm³/mol. The van der Waals surface area contributed by atoms with Crippen molar-refractivity contribution in [3.05, 3.63) is 60.2 Å². The summed E-state index contributed by atoms with van der Waals surface area (Å²) in [6, 6.07) is 18.3. The second-order valence-corrected chi connectivity index (χ2v) is 7.93. The topological polar surface area (TPSA) is 51.0 Å². The van der Waals surface area contributed by atoms with Crippen molar-refractivity contribution in [3.8, 4) is 17.1 Å². The van der Waals surface area contributed by atoms with Gasteiger partial charge in [-0.3, -0.25) is 9.36 Å². The Morgan fingerprint density at radius 1 is 1.07 bits per heavy atom. The molecule has 6 heteroatoms. The number of thioether (sulfide) groups is 1. The minimum Gasteiger partial charge on any atom is -0.342 e. The van der Waals surface area contributed by atoms with Crippen LogP contribution in [-0.4, -0.2) is 43.9 Å². The van der Waals surface area contributed by atoms with Crippen molar-refractivity contribution in [1.29, 1.82) is 0 Å². The molecule has 5 nitrogen and oxygen atoms in total. The minimum absolute atomic E-state index is 0.120. The van der Waals surface area contributed by atoms with E-state index in [1.54, 1.807) is 0 Å². The molecule has 1 heterocycles. The second-order valence-electron chi connectivity index (χ2n) is 6.62. The summed E-state index contributed by atoms with van der Waals surface area (Å²) in [6.07, 6.45) is 0. The van der Waals surface area contributed by atoms with Crippen molar-refractivity contribution in [2.75, 3.05) is 13.1 Å². The SMILES string of the molecule is CCN(CC)C(=O)C(C)Sc1nnc(-c2cccc(C)c2)n1-c1ccccc1. The van der Waals surface area contributed by atoms with Gasteiger partial charge in [-0.2, -0.15) is 0 Å². The van der Waals surface area contributed by atoms with Crippen LogP contribution in [0.15, 0.2) is 59.8 Å². The van der Waals surface area contributed by atoms with Crippen LogP contribution in [-0.2, 0) is 4.79 Å². The van der Waals surface area contributed by atoms with Crippen molar-refractivity contribution in [3.63, 3.8) is 0 Å². The summed E-state index contributed by atoms with van der Waals surface area (Å²) in [5.74, 6) is 0.898. The molecular formula is C22H26N4OS. The van der Waals surface area contributed by atoms with Gasteiger partial charge in [-0.15, -0.1) is 10.2 Å². The lowest BCUT2D eigenvalue weighted by atomic mass is 10.1. The molecule has 3 rings (SSSR count). The highest BCUT2D eigenvalue weighted by molar-refractivity contribution is 8.00. The largest absolute Gasteiger partial charge is 0.342 e. The fourth-order valence-electron chi connectivity index (χ4n) is 3.13. The van der Waals surface area contributed by atoms with Crippen LogP contribution >= 0.6 is 11.8 Å². The number of hydrogen-bond acceptors (Lipinski definition) is 4. The Hall–Kier alpha value is -2.60. The van der Waals surface area contributed by atoms with E-state index in [9.17, 15) is 4.79 Å². The second kappa shape index (κ2) is 9.06. The molecule has 1 atom stereocenters. The van der Waals surface area contributed by atoms with Crippen LogP contribution in [0.5, 0.6) is 0 Å². The van der Waals surface area contributed by atoms with Crippen LogP contribution in [0.25, 0.3) is 17.1 Å². The smallest absolute Gasteiger partial charge is 0.235 e. The van der Waals surface area contributed by atoms with E-state index in [0.717, 1.165) is 22.2 Å². The van der Waals surface area contributed by atoms with Gasteiger partial charge in [0.2, 0.25) is 5.91 Å². The average molecular weight is 395 g/mol. The van der Waals surface area contributed by atoms with Crippen LogP contribution in [0.4, 0.5) is 0 Å². The van der Waals surface area contributed by atoms with Crippen LogP contribution in [0.1, 0.15) is 26.3 Å². The number of nitrogens with zero attached hydrogens (tertiary/aromatic N) is 4. The molecule has 28 heavy (non-hydrogen) atoms. The predicted octanol–water partition coefficient (Wildman–Crippen LogP) is 4.59. The molecule has 0 fully saturated rings. The van der Waals surface area contributed by atoms with Gasteiger partial charge in [0.05, 0.1) is 5.25 Å². The summed E-state index contributed by atoms with van der Waals surface area (Å²) in [7, 11) is 0. The highest BCUT2D eigenvalue weighted by Gasteiger charge is 2.24. The number of benzene rings is 2. The Balaban J connectivity index is 2.01. The van der Waals surface area contributed by atoms with Crippen LogP contribution in [0.3, 0.4) is 0 Å². The lowest BCUT2D eigenvalue weighted by Gasteiger charge is -2.22. The van der Waals surface area contributed by atoms with Gasteiger partial charge in [0.15, 0.2) is 11.0 Å². The third-order valence-electron chi connectivity index (χ3n) is 4.63. The van der Waals surface area contributed by atoms with E-state index in [2.05, 4.69) is 29.3 Å². The zero-order valence-corrected chi connectivity index (χ0v) is 17.6. The molecule has 1 aromatic heterocycles. The maximum absolute atomic E-state index is 12.7. The zero-order chi connectivity index (χ0) is 20.1. The summed E-state index contributed by atoms with van der Waals surface area (Å²) < 4.78 is 2.03. The van der Waals surface area contributed by atoms with Gasteiger partial charge >= 0.3 is 0 Å². The molecule has 0 saturated heterocycles. The fraction of sp³-hybridized carbons (Fsp3) is 0.318. The van der Waals surface area contributed by atoms with Crippen molar-refractivity contribution in [1.82, 2.24) is 19.7 Å². The third-order valence-corrected chi connectivity index (χ3v) is 5.66. The van der Waals surface area contributed by atoms with E-state index >= 15 is 0 Å². The molecule has 0 N–H and O–H groups in total. The van der Waals surface area contributed by atoms with Gasteiger partial charge < -0.3 is 4.90 Å². The normalized spacial score (nSPS) is 12.0. The monoisotopic (exact) mass is 394 g/mol. The van der Waals surface area contributed by atoms with Crippen molar-refractivity contribution < 1.29 is 4.79 Å². The Morgan fingerprint density at radius 3 is 2.43 bits per heavy atom. The molecule has 0 aliphatic carbocycles. The molecule has 3 aromatic rings. The summed E-state index contributed by atoms with van der Waals surface area (Å²) in [4.78, 5) is 14.6. The summed E-state index contributed by atoms with van der Waals surface area (Å²) in [5.41, 5.74) is 3.15. The maximum Gasteiger partial charge on any atom is 0.235 e. The lowest BCUT2D eigenvalue weighted by molar-refractivity contribution is -0.129. The van der Waals surface area contributed by atoms with E-state index in [0.29, 0.717) is 13.1 Å². The molecule has 0 aliphatic heterocycles. The number of hydrogen-bond donors (Lipinski definition) is 0. The van der Waals surface area contributed by atoms with E-state index in [4.69, 9.17) is 0 Å². The molecule has 0 aliphatic rings. The van der Waals surface area contributed by atoms with Crippen LogP contribution in [0.2, 0.25) is 0 Å². The van der Waals surface area contributed by atoms with Gasteiger partial charge in [0.25, 0.3) is 0 Å². The van der Waals surface area contributed by atoms with Crippen LogP contribution in [0, 0.1) is 6.92 Å². The summed E-state index contributed by atoms with van der Waals surface area (Å²) in [5, 5.41) is 9.39. The van der Waals surface area contributed by atoms with E-state index in [-0.39, 0.29) is 11.2 Å². The van der Waals surface area contributed by atoms with E-state index < -0.39 is 0 Å². The number of aryl methyl sites for hydroxylation is 1. The minimum atomic E-state index is -0.239. The molecule has 1 unspecified atom stereocenters. The van der Waals surface area contributed by atoms with Gasteiger partial charge in [0, 0.05) is 24.3 Å². The molecule has 146 valence electrons. The number of carbonyl (C=O) groups excluding carboxylic acids is 1. The van der Waals surface area contributed by atoms with Crippen molar-refractivity contribution in [2.24, 2.45) is 0 Å². The number of carbonyl (C=O) groups is 1. The Bertz CT molecular complexity index is 935. The van der Waals surface area contributed by atoms with Crippen molar-refractivity contribution >= 4 is 17.7 Å². The molecule has 1 amide bonds. The average Bonchev–Trinajstić information content (AvgIpc) is 3.13. The van der Waals surface area contributed by atoms with Gasteiger partial charge in [0.1, 0.15) is 0 Å². The molecule has 2 aromatic carbocycles. The fourth-order valence-corrected chi connectivity index (χ4v) is 4.08. The molecule has 0 bridgehead atoms. The third kappa shape index (κ3) is 4.28. The zero-order valence-electron chi connectivity index (χ0n) is 16.8. The van der Waals surface area contributed by atoms with E-state index in [1.807, 2.05) is 72.7 Å². The number of aromatic nitrogens is 3. The first-order chi connectivity index (χ1) is 13.5. The quantitative estimate of drug-likeness (QED) is 0.550. The van der Waals surface area contributed by atoms with Crippen LogP contribution < -0.4 is 0 Å². The Morgan fingerprint density at radius 2 is 1.79 bits per heavy atom. The molecule has 0 saturated carbocycles. The molecular weight excluding hydrogens is 368 g/mol. The summed E-state index contributed by atoms with van der Waals surface area (Å²) in [6.45, 7) is 9.41. The first-order valence-electron chi connectivity index (χ1n) is 9.58. The van der Waals surface area contributed by atoms with Gasteiger partial charge in [-0.25, -0.2) is 0 Å². The lowest BCUT2D eigenvalue weighted by Crippen LogP contribution is -2.36. The molecule has 0 spiro atoms. The Labute approximate surface area is 170 Å². The summed E-state index contributed by atoms with van der Waals surface area (Å²) >= 11 is 1.45. The van der Waals surface area contributed by atoms with Gasteiger partial charge in [-0.05, 0) is 45.9 Å². The van der Waals surface area contributed by atoms with Gasteiger partial charge in [-0.1, -0.05) is 53.7 Å². The van der Waals surface area contributed by atoms with Crippen molar-refractivity contribution in [2.45, 2.75) is 38.1 Å². The number of amides is 1. The van der Waals surface area contributed by atoms with E-state index in [1.165, 1.54) is 17.3 Å². The number of para-hydroxylation sites is 1. The standard InChI is InChI=1S/C22H26N4OS/c1-5-25(6-2)21(27)17(4)28-22-24-23-20(18-12-10-11-16(3)15-18)26(22)19-13-8-7-9-14-19/h7-15,17H,5-6H2,1-4H3.